The van der Waals surface area contributed by atoms with Gasteiger partial charge >= 0.3 is 0 Å². The SMILES string of the molecule is c1ccc(-c2cccc(-c3cccc(-c4ccc5c(c4)c4ccccc4n5-c4ccc(-c5cccc(-c6cc(-c7ccc(-c8cccc(-c9nc(-c%10ccccc%10)nc(-c%10ccccc%10)n9)c8)cc7)c7oc8ccccc8c7c6)c5)cc4)c3)c2)cc1. The van der Waals surface area contributed by atoms with E-state index in [0.717, 1.165) is 88.8 Å². The van der Waals surface area contributed by atoms with Crippen LogP contribution >= 0.6 is 0 Å². The van der Waals surface area contributed by atoms with Crippen LogP contribution < -0.4 is 0 Å². The number of hydrogen-bond acceptors (Lipinski definition) is 4. The Morgan fingerprint density at radius 1 is 0.221 bits per heavy atom. The summed E-state index contributed by atoms with van der Waals surface area (Å²) in [4.78, 5) is 14.9. The predicted molar refractivity (Wildman–Crippen MR) is 356 cm³/mol. The molecule has 0 saturated carbocycles. The van der Waals surface area contributed by atoms with E-state index in [9.17, 15) is 0 Å². The van der Waals surface area contributed by atoms with Crippen LogP contribution in [0.5, 0.6) is 0 Å². The molecular formula is C81H52N4O. The van der Waals surface area contributed by atoms with Crippen molar-refractivity contribution < 1.29 is 4.42 Å². The lowest BCUT2D eigenvalue weighted by molar-refractivity contribution is 0.670. The summed E-state index contributed by atoms with van der Waals surface area (Å²) in [6, 6.07) is 112. The summed E-state index contributed by atoms with van der Waals surface area (Å²) < 4.78 is 9.12. The molecule has 13 aromatic carbocycles. The van der Waals surface area contributed by atoms with Gasteiger partial charge in [0.1, 0.15) is 11.2 Å². The van der Waals surface area contributed by atoms with Crippen molar-refractivity contribution in [3.8, 4) is 118 Å². The molecule has 0 aliphatic rings. The van der Waals surface area contributed by atoms with Gasteiger partial charge in [0.15, 0.2) is 17.5 Å². The van der Waals surface area contributed by atoms with Crippen LogP contribution in [0.15, 0.2) is 320 Å². The van der Waals surface area contributed by atoms with Gasteiger partial charge in [-0.1, -0.05) is 243 Å². The molecule has 0 radical (unpaired) electrons. The van der Waals surface area contributed by atoms with Crippen LogP contribution in [-0.2, 0) is 0 Å². The van der Waals surface area contributed by atoms with E-state index in [2.05, 4.69) is 253 Å². The fourth-order valence-electron chi connectivity index (χ4n) is 12.3. The minimum Gasteiger partial charge on any atom is -0.455 e. The summed E-state index contributed by atoms with van der Waals surface area (Å²) in [6.07, 6.45) is 0. The van der Waals surface area contributed by atoms with Crippen molar-refractivity contribution in [1.29, 1.82) is 0 Å². The fourth-order valence-corrected chi connectivity index (χ4v) is 12.3. The monoisotopic (exact) mass is 1100 g/mol. The van der Waals surface area contributed by atoms with Crippen molar-refractivity contribution in [1.82, 2.24) is 19.5 Å². The van der Waals surface area contributed by atoms with E-state index in [1.165, 1.54) is 55.2 Å². The number of hydrogen-bond donors (Lipinski definition) is 0. The minimum absolute atomic E-state index is 0.621. The molecule has 16 rings (SSSR count). The number of rotatable bonds is 11. The molecule has 0 fully saturated rings. The van der Waals surface area contributed by atoms with Gasteiger partial charge in [-0.05, 0) is 145 Å². The Balaban J connectivity index is 0.706. The van der Waals surface area contributed by atoms with E-state index in [4.69, 9.17) is 19.4 Å². The Labute approximate surface area is 498 Å². The first kappa shape index (κ1) is 50.2. The lowest BCUT2D eigenvalue weighted by Gasteiger charge is -2.12. The maximum absolute atomic E-state index is 6.72. The summed E-state index contributed by atoms with van der Waals surface area (Å²) in [5.74, 6) is 1.89. The highest BCUT2D eigenvalue weighted by Gasteiger charge is 2.19. The van der Waals surface area contributed by atoms with Crippen LogP contribution in [0.4, 0.5) is 0 Å². The molecule has 86 heavy (non-hydrogen) atoms. The minimum atomic E-state index is 0.621. The lowest BCUT2D eigenvalue weighted by atomic mass is 9.93. The summed E-state index contributed by atoms with van der Waals surface area (Å²) in [5, 5.41) is 4.62. The second-order valence-electron chi connectivity index (χ2n) is 21.9. The van der Waals surface area contributed by atoms with E-state index in [0.29, 0.717) is 17.5 Å². The zero-order valence-electron chi connectivity index (χ0n) is 46.7. The molecule has 5 heteroatoms. The van der Waals surface area contributed by atoms with Gasteiger partial charge in [0.05, 0.1) is 11.0 Å². The predicted octanol–water partition coefficient (Wildman–Crippen LogP) is 21.5. The molecule has 0 aliphatic heterocycles. The van der Waals surface area contributed by atoms with Gasteiger partial charge in [-0.25, -0.2) is 15.0 Å². The molecule has 0 atom stereocenters. The van der Waals surface area contributed by atoms with Crippen LogP contribution in [-0.4, -0.2) is 19.5 Å². The Morgan fingerprint density at radius 2 is 0.593 bits per heavy atom. The summed E-state index contributed by atoms with van der Waals surface area (Å²) >= 11 is 0. The molecule has 3 aromatic heterocycles. The van der Waals surface area contributed by atoms with Crippen LogP contribution in [0.3, 0.4) is 0 Å². The zero-order valence-corrected chi connectivity index (χ0v) is 46.7. The van der Waals surface area contributed by atoms with Crippen molar-refractivity contribution in [2.24, 2.45) is 0 Å². The molecule has 3 heterocycles. The van der Waals surface area contributed by atoms with Crippen LogP contribution in [0.2, 0.25) is 0 Å². The third-order valence-electron chi connectivity index (χ3n) is 16.7. The first-order valence-corrected chi connectivity index (χ1v) is 29.1. The molecule has 0 aliphatic carbocycles. The van der Waals surface area contributed by atoms with Gasteiger partial charge in [0.2, 0.25) is 0 Å². The van der Waals surface area contributed by atoms with Crippen molar-refractivity contribution in [3.63, 3.8) is 0 Å². The molecule has 0 spiro atoms. The molecular weight excluding hydrogens is 1040 g/mol. The second-order valence-corrected chi connectivity index (χ2v) is 21.9. The molecule has 0 N–H and O–H groups in total. The average Bonchev–Trinajstić information content (AvgIpc) is 3.05. The Bertz CT molecular complexity index is 5140. The van der Waals surface area contributed by atoms with Gasteiger partial charge in [0.25, 0.3) is 0 Å². The zero-order chi connectivity index (χ0) is 56.9. The van der Waals surface area contributed by atoms with Crippen molar-refractivity contribution in [3.05, 3.63) is 315 Å². The van der Waals surface area contributed by atoms with E-state index >= 15 is 0 Å². The first-order valence-electron chi connectivity index (χ1n) is 29.1. The van der Waals surface area contributed by atoms with Crippen molar-refractivity contribution in [2.45, 2.75) is 0 Å². The quantitative estimate of drug-likeness (QED) is 0.130. The van der Waals surface area contributed by atoms with Crippen molar-refractivity contribution >= 4 is 43.7 Å². The Hall–Kier alpha value is -11.5. The third-order valence-corrected chi connectivity index (χ3v) is 16.7. The smallest absolute Gasteiger partial charge is 0.164 e. The molecule has 0 saturated heterocycles. The van der Waals surface area contributed by atoms with Crippen LogP contribution in [0.1, 0.15) is 0 Å². The molecule has 402 valence electrons. The molecule has 16 aromatic rings. The summed E-state index contributed by atoms with van der Waals surface area (Å²) in [7, 11) is 0. The molecule has 5 nitrogen and oxygen atoms in total. The van der Waals surface area contributed by atoms with Gasteiger partial charge in [-0.3, -0.25) is 0 Å². The van der Waals surface area contributed by atoms with Gasteiger partial charge in [-0.15, -0.1) is 0 Å². The van der Waals surface area contributed by atoms with E-state index < -0.39 is 0 Å². The number of benzene rings is 13. The summed E-state index contributed by atoms with van der Waals surface area (Å²) in [6.45, 7) is 0. The first-order chi connectivity index (χ1) is 42.6. The van der Waals surface area contributed by atoms with Crippen molar-refractivity contribution in [2.75, 3.05) is 0 Å². The number of para-hydroxylation sites is 2. The highest BCUT2D eigenvalue weighted by Crippen LogP contribution is 2.42. The highest BCUT2D eigenvalue weighted by atomic mass is 16.3. The van der Waals surface area contributed by atoms with E-state index in [1.54, 1.807) is 0 Å². The van der Waals surface area contributed by atoms with Crippen LogP contribution in [0.25, 0.3) is 161 Å². The number of nitrogens with zero attached hydrogens (tertiary/aromatic N) is 4. The van der Waals surface area contributed by atoms with Gasteiger partial charge in [-0.2, -0.15) is 0 Å². The third kappa shape index (κ3) is 9.30. The summed E-state index contributed by atoms with van der Waals surface area (Å²) in [5.41, 5.74) is 24.0. The topological polar surface area (TPSA) is 56.7 Å². The van der Waals surface area contributed by atoms with Gasteiger partial charge in [0, 0.05) is 49.5 Å². The molecule has 0 unspecified atom stereocenters. The largest absolute Gasteiger partial charge is 0.455 e. The van der Waals surface area contributed by atoms with E-state index in [1.807, 2.05) is 66.7 Å². The van der Waals surface area contributed by atoms with E-state index in [-0.39, 0.29) is 0 Å². The maximum Gasteiger partial charge on any atom is 0.164 e. The fraction of sp³-hybridized carbons (Fsp3) is 0. The standard InChI is InChI=1S/C81H52N4O/c1-4-18-53(19-5-1)59-24-14-27-62(46-59)63-28-16-29-64(48-63)66-42-45-76-73(50-66)70-32-10-12-34-75(70)85(76)69-43-40-55(41-44-69)60-25-15-30-65(47-60)68-51-72(78-74(52-68)71-33-11-13-35-77(71)86-78)56-38-36-54(37-39-56)61-26-17-31-67(49-61)81-83-79(57-20-6-2-7-21-57)82-80(84-81)58-22-8-3-9-23-58/h1-52H. The Morgan fingerprint density at radius 3 is 1.17 bits per heavy atom. The van der Waals surface area contributed by atoms with Crippen LogP contribution in [0, 0.1) is 0 Å². The van der Waals surface area contributed by atoms with Gasteiger partial charge < -0.3 is 8.98 Å². The Kier molecular flexibility index (Phi) is 12.5. The average molecular weight is 1100 g/mol. The normalized spacial score (nSPS) is 11.5. The number of aromatic nitrogens is 4. The maximum atomic E-state index is 6.72. The second kappa shape index (κ2) is 21.3. The highest BCUT2D eigenvalue weighted by molar-refractivity contribution is 6.12. The molecule has 0 amide bonds. The number of fused-ring (bicyclic) bond motifs is 6. The lowest BCUT2D eigenvalue weighted by Crippen LogP contribution is -2.00. The number of furan rings is 1. The molecule has 0 bridgehead atoms.